The lowest BCUT2D eigenvalue weighted by atomic mass is 10.0. The van der Waals surface area contributed by atoms with Crippen LogP contribution >= 0.6 is 0 Å². The van der Waals surface area contributed by atoms with Gasteiger partial charge in [0.2, 0.25) is 0 Å². The zero-order chi connectivity index (χ0) is 47.9. The van der Waals surface area contributed by atoms with Crippen molar-refractivity contribution in [1.82, 2.24) is 0 Å². The Balaban J connectivity index is 4.54. The molecule has 0 saturated carbocycles. The van der Waals surface area contributed by atoms with Gasteiger partial charge in [-0.15, -0.1) is 0 Å². The van der Waals surface area contributed by atoms with Crippen LogP contribution in [0.15, 0.2) is 109 Å². The van der Waals surface area contributed by atoms with E-state index in [9.17, 15) is 14.4 Å². The largest absolute Gasteiger partial charge is 0.462 e. The van der Waals surface area contributed by atoms with E-state index in [-0.39, 0.29) is 44.0 Å². The second-order valence-electron chi connectivity index (χ2n) is 17.4. The number of allylic oxidation sites excluding steroid dienone is 18. The molecule has 1 atom stereocenters. The minimum Gasteiger partial charge on any atom is -0.462 e. The highest BCUT2D eigenvalue weighted by Crippen LogP contribution is 2.15. The van der Waals surface area contributed by atoms with Crippen LogP contribution in [0.3, 0.4) is 0 Å². The predicted molar refractivity (Wildman–Crippen MR) is 283 cm³/mol. The minimum atomic E-state index is -0.818. The van der Waals surface area contributed by atoms with Crippen molar-refractivity contribution in [3.05, 3.63) is 109 Å². The number of carbonyl (C=O) groups is 3. The first kappa shape index (κ1) is 62.1. The van der Waals surface area contributed by atoms with Gasteiger partial charge in [-0.25, -0.2) is 0 Å². The molecule has 0 aliphatic heterocycles. The van der Waals surface area contributed by atoms with E-state index in [4.69, 9.17) is 14.2 Å². The summed E-state index contributed by atoms with van der Waals surface area (Å²) in [5, 5.41) is 0. The summed E-state index contributed by atoms with van der Waals surface area (Å²) in [7, 11) is 0. The minimum absolute atomic E-state index is 0.109. The van der Waals surface area contributed by atoms with Crippen LogP contribution in [-0.2, 0) is 28.6 Å². The van der Waals surface area contributed by atoms with E-state index >= 15 is 0 Å². The Kier molecular flexibility index (Phi) is 50.5. The van der Waals surface area contributed by atoms with Gasteiger partial charge in [0.15, 0.2) is 6.10 Å². The van der Waals surface area contributed by atoms with E-state index in [2.05, 4.69) is 130 Å². The summed E-state index contributed by atoms with van der Waals surface area (Å²) in [5.74, 6) is -1.00. The zero-order valence-electron chi connectivity index (χ0n) is 42.7. The van der Waals surface area contributed by atoms with E-state index in [1.807, 2.05) is 0 Å². The molecule has 0 fully saturated rings. The van der Waals surface area contributed by atoms with Crippen LogP contribution in [0.25, 0.3) is 0 Å². The molecule has 6 heteroatoms. The first-order valence-electron chi connectivity index (χ1n) is 26.9. The zero-order valence-corrected chi connectivity index (χ0v) is 42.7. The molecule has 6 nitrogen and oxygen atoms in total. The Morgan fingerprint density at radius 1 is 0.318 bits per heavy atom. The molecule has 0 heterocycles. The summed E-state index contributed by atoms with van der Waals surface area (Å²) in [5.41, 5.74) is 0. The van der Waals surface area contributed by atoms with Gasteiger partial charge in [0, 0.05) is 19.3 Å². The molecule has 0 rings (SSSR count). The maximum absolute atomic E-state index is 12.8. The number of unbranched alkanes of at least 4 members (excludes halogenated alkanes) is 18. The van der Waals surface area contributed by atoms with Crippen LogP contribution in [0, 0.1) is 0 Å². The Morgan fingerprint density at radius 2 is 0.606 bits per heavy atom. The molecule has 0 spiro atoms. The monoisotopic (exact) mass is 915 g/mol. The fourth-order valence-electron chi connectivity index (χ4n) is 7.06. The standard InChI is InChI=1S/C60H98O6/c1-4-7-10-13-16-19-22-25-28-30-33-35-38-41-44-47-50-53-59(62)65-56-57(55-64-58(61)52-49-46-43-40-37-34-31-27-24-21-18-15-12-9-6-3)66-60(63)54-51-48-45-42-39-36-32-29-26-23-20-17-14-11-8-5-2/h7-8,10-11,16-17,19-20,25-26,28-29,33,35-36,39,41,44,57H,4-6,9,12-15,18,21-24,27,30-32,34,37-38,40,42-43,45-56H2,1-3H3/b10-7-,11-8-,19-16-,20-17-,28-25-,29-26-,35-33-,39-36-,44-41-. The van der Waals surface area contributed by atoms with Crippen molar-refractivity contribution in [2.24, 2.45) is 0 Å². The smallest absolute Gasteiger partial charge is 0.306 e. The lowest BCUT2D eigenvalue weighted by Gasteiger charge is -2.18. The van der Waals surface area contributed by atoms with Gasteiger partial charge in [-0.3, -0.25) is 14.4 Å². The molecule has 0 aliphatic rings. The maximum Gasteiger partial charge on any atom is 0.306 e. The van der Waals surface area contributed by atoms with Crippen molar-refractivity contribution in [3.63, 3.8) is 0 Å². The van der Waals surface area contributed by atoms with E-state index in [1.54, 1.807) is 0 Å². The van der Waals surface area contributed by atoms with Crippen molar-refractivity contribution >= 4 is 17.9 Å². The third-order valence-corrected chi connectivity index (χ3v) is 11.0. The van der Waals surface area contributed by atoms with Gasteiger partial charge in [-0.1, -0.05) is 226 Å². The van der Waals surface area contributed by atoms with E-state index in [1.165, 1.54) is 77.0 Å². The lowest BCUT2D eigenvalue weighted by molar-refractivity contribution is -0.167. The number of carbonyl (C=O) groups excluding carboxylic acids is 3. The van der Waals surface area contributed by atoms with Crippen molar-refractivity contribution in [1.29, 1.82) is 0 Å². The molecule has 0 aromatic carbocycles. The molecular formula is C60H98O6. The molecule has 0 aromatic rings. The van der Waals surface area contributed by atoms with E-state index in [0.717, 1.165) is 103 Å². The Morgan fingerprint density at radius 3 is 0.985 bits per heavy atom. The molecule has 0 amide bonds. The fourth-order valence-corrected chi connectivity index (χ4v) is 7.06. The van der Waals surface area contributed by atoms with Crippen LogP contribution in [0.2, 0.25) is 0 Å². The Bertz CT molecular complexity index is 1370. The highest BCUT2D eigenvalue weighted by molar-refractivity contribution is 5.71. The quantitative estimate of drug-likeness (QED) is 0.0262. The molecule has 0 aromatic heterocycles. The molecule has 374 valence electrons. The first-order valence-corrected chi connectivity index (χ1v) is 26.9. The van der Waals surface area contributed by atoms with Crippen LogP contribution < -0.4 is 0 Å². The molecular weight excluding hydrogens is 817 g/mol. The van der Waals surface area contributed by atoms with Gasteiger partial charge in [0.25, 0.3) is 0 Å². The van der Waals surface area contributed by atoms with Gasteiger partial charge in [-0.05, 0) is 96.3 Å². The van der Waals surface area contributed by atoms with Gasteiger partial charge >= 0.3 is 17.9 Å². The fraction of sp³-hybridized carbons (Fsp3) is 0.650. The highest BCUT2D eigenvalue weighted by Gasteiger charge is 2.19. The summed E-state index contributed by atoms with van der Waals surface area (Å²) < 4.78 is 16.8. The number of hydrogen-bond acceptors (Lipinski definition) is 6. The number of esters is 3. The predicted octanol–water partition coefficient (Wildman–Crippen LogP) is 17.9. The maximum atomic E-state index is 12.8. The van der Waals surface area contributed by atoms with Gasteiger partial charge < -0.3 is 14.2 Å². The number of ether oxygens (including phenoxy) is 3. The van der Waals surface area contributed by atoms with Crippen LogP contribution in [-0.4, -0.2) is 37.2 Å². The summed E-state index contributed by atoms with van der Waals surface area (Å²) in [6, 6.07) is 0. The molecule has 66 heavy (non-hydrogen) atoms. The normalized spacial score (nSPS) is 13.0. The number of rotatable bonds is 47. The third kappa shape index (κ3) is 51.1. The lowest BCUT2D eigenvalue weighted by Crippen LogP contribution is -2.30. The first-order chi connectivity index (χ1) is 32.5. The molecule has 0 bridgehead atoms. The van der Waals surface area contributed by atoms with Crippen LogP contribution in [0.5, 0.6) is 0 Å². The second kappa shape index (κ2) is 53.7. The van der Waals surface area contributed by atoms with Crippen molar-refractivity contribution < 1.29 is 28.6 Å². The molecule has 0 radical (unpaired) electrons. The van der Waals surface area contributed by atoms with Crippen LogP contribution in [0.4, 0.5) is 0 Å². The summed E-state index contributed by atoms with van der Waals surface area (Å²) in [6.45, 7) is 6.33. The summed E-state index contributed by atoms with van der Waals surface area (Å²) in [4.78, 5) is 38.0. The second-order valence-corrected chi connectivity index (χ2v) is 17.4. The summed E-state index contributed by atoms with van der Waals surface area (Å²) in [6.07, 6.45) is 72.2. The number of hydrogen-bond donors (Lipinski definition) is 0. The van der Waals surface area contributed by atoms with E-state index < -0.39 is 6.10 Å². The van der Waals surface area contributed by atoms with Gasteiger partial charge in [-0.2, -0.15) is 0 Å². The van der Waals surface area contributed by atoms with Crippen molar-refractivity contribution in [2.45, 2.75) is 239 Å². The molecule has 0 saturated heterocycles. The Labute approximate surface area is 406 Å². The van der Waals surface area contributed by atoms with Gasteiger partial charge in [0.05, 0.1) is 0 Å². The summed E-state index contributed by atoms with van der Waals surface area (Å²) >= 11 is 0. The van der Waals surface area contributed by atoms with Crippen molar-refractivity contribution in [3.8, 4) is 0 Å². The van der Waals surface area contributed by atoms with Crippen LogP contribution in [0.1, 0.15) is 233 Å². The average Bonchev–Trinajstić information content (AvgIpc) is 3.31. The molecule has 0 aliphatic carbocycles. The van der Waals surface area contributed by atoms with Crippen molar-refractivity contribution in [2.75, 3.05) is 13.2 Å². The van der Waals surface area contributed by atoms with Gasteiger partial charge in [0.1, 0.15) is 13.2 Å². The topological polar surface area (TPSA) is 78.9 Å². The SMILES string of the molecule is CC/C=C\C/C=C\C/C=C\C/C=C\C/C=C\CCCC(=O)OCC(COC(=O)CCCCCCCCCCCCCCCCC)OC(=O)CCCCC/C=C\C/C=C\C/C=C\C/C=C\CC. The van der Waals surface area contributed by atoms with E-state index in [0.29, 0.717) is 19.3 Å². The Hall–Kier alpha value is -3.93. The molecule has 1 unspecified atom stereocenters. The molecule has 0 N–H and O–H groups in total. The highest BCUT2D eigenvalue weighted by atomic mass is 16.6. The third-order valence-electron chi connectivity index (χ3n) is 11.0. The average molecular weight is 915 g/mol.